The van der Waals surface area contributed by atoms with Gasteiger partial charge in [-0.15, -0.1) is 11.8 Å². The number of aryl methyl sites for hydroxylation is 1. The Morgan fingerprint density at radius 2 is 1.74 bits per heavy atom. The molecule has 1 atom stereocenters. The van der Waals surface area contributed by atoms with Crippen molar-refractivity contribution in [1.29, 1.82) is 0 Å². The molecule has 0 amide bonds. The summed E-state index contributed by atoms with van der Waals surface area (Å²) in [7, 11) is 0. The van der Waals surface area contributed by atoms with Gasteiger partial charge in [-0.2, -0.15) is 0 Å². The number of benzene rings is 2. The third-order valence-corrected chi connectivity index (χ3v) is 4.17. The maximum atomic E-state index is 3.63. The number of hydrogen-bond acceptors (Lipinski definition) is 2. The molecule has 0 aliphatic rings. The quantitative estimate of drug-likeness (QED) is 0.742. The first-order valence-electron chi connectivity index (χ1n) is 6.76. The van der Waals surface area contributed by atoms with E-state index in [4.69, 9.17) is 0 Å². The van der Waals surface area contributed by atoms with Gasteiger partial charge in [-0.3, -0.25) is 0 Å². The molecule has 0 aliphatic carbocycles. The predicted molar refractivity (Wildman–Crippen MR) is 86.1 cm³/mol. The highest BCUT2D eigenvalue weighted by Gasteiger charge is 2.09. The van der Waals surface area contributed by atoms with E-state index in [2.05, 4.69) is 74.6 Å². The summed E-state index contributed by atoms with van der Waals surface area (Å²) in [5, 5.41) is 3.63. The summed E-state index contributed by atoms with van der Waals surface area (Å²) in [5.74, 6) is 1.09. The van der Waals surface area contributed by atoms with Crippen molar-refractivity contribution in [3.8, 4) is 0 Å². The minimum Gasteiger partial charge on any atom is -0.378 e. The third kappa shape index (κ3) is 3.54. The standard InChI is InChI=1S/C17H21NS/c1-4-19-17-12-8-7-11-16(17)18-14(3)15-10-6-5-9-13(15)2/h5-12,14,18H,4H2,1-3H3. The first-order valence-corrected chi connectivity index (χ1v) is 7.74. The first-order chi connectivity index (χ1) is 9.22. The van der Waals surface area contributed by atoms with Gasteiger partial charge in [0.2, 0.25) is 0 Å². The van der Waals surface area contributed by atoms with Gasteiger partial charge in [0.15, 0.2) is 0 Å². The number of anilines is 1. The van der Waals surface area contributed by atoms with Crippen LogP contribution in [0.2, 0.25) is 0 Å². The maximum absolute atomic E-state index is 3.63. The highest BCUT2D eigenvalue weighted by molar-refractivity contribution is 7.99. The van der Waals surface area contributed by atoms with Crippen LogP contribution >= 0.6 is 11.8 Å². The Labute approximate surface area is 120 Å². The lowest BCUT2D eigenvalue weighted by atomic mass is 10.0. The van der Waals surface area contributed by atoms with Gasteiger partial charge >= 0.3 is 0 Å². The second-order valence-electron chi connectivity index (χ2n) is 4.65. The topological polar surface area (TPSA) is 12.0 Å². The van der Waals surface area contributed by atoms with E-state index in [1.165, 1.54) is 21.7 Å². The molecule has 0 aromatic heterocycles. The molecule has 1 unspecified atom stereocenters. The van der Waals surface area contributed by atoms with Crippen LogP contribution in [0.4, 0.5) is 5.69 Å². The Hall–Kier alpha value is -1.41. The van der Waals surface area contributed by atoms with Gasteiger partial charge in [0.25, 0.3) is 0 Å². The van der Waals surface area contributed by atoms with Gasteiger partial charge in [0.1, 0.15) is 0 Å². The zero-order chi connectivity index (χ0) is 13.7. The van der Waals surface area contributed by atoms with Crippen molar-refractivity contribution in [3.63, 3.8) is 0 Å². The molecule has 0 heterocycles. The van der Waals surface area contributed by atoms with Crippen molar-refractivity contribution >= 4 is 17.4 Å². The molecule has 2 rings (SSSR count). The summed E-state index contributed by atoms with van der Waals surface area (Å²) in [4.78, 5) is 1.32. The van der Waals surface area contributed by atoms with Crippen LogP contribution in [0.25, 0.3) is 0 Å². The summed E-state index contributed by atoms with van der Waals surface area (Å²) in [6.45, 7) is 6.57. The van der Waals surface area contributed by atoms with Crippen LogP contribution in [-0.2, 0) is 0 Å². The third-order valence-electron chi connectivity index (χ3n) is 3.21. The Kier molecular flexibility index (Phi) is 4.92. The normalized spacial score (nSPS) is 12.2. The lowest BCUT2D eigenvalue weighted by Crippen LogP contribution is -2.08. The number of thioether (sulfide) groups is 1. The zero-order valence-electron chi connectivity index (χ0n) is 11.8. The molecule has 1 N–H and O–H groups in total. The van der Waals surface area contributed by atoms with E-state index in [1.807, 2.05) is 11.8 Å². The van der Waals surface area contributed by atoms with Crippen molar-refractivity contribution in [2.24, 2.45) is 0 Å². The molecule has 0 fully saturated rings. The van der Waals surface area contributed by atoms with Gasteiger partial charge in [0, 0.05) is 16.6 Å². The van der Waals surface area contributed by atoms with Gasteiger partial charge in [-0.25, -0.2) is 0 Å². The summed E-state index contributed by atoms with van der Waals surface area (Å²) in [6, 6.07) is 17.4. The van der Waals surface area contributed by atoms with E-state index >= 15 is 0 Å². The fraction of sp³-hybridized carbons (Fsp3) is 0.294. The lowest BCUT2D eigenvalue weighted by molar-refractivity contribution is 0.869. The molecule has 2 heteroatoms. The van der Waals surface area contributed by atoms with Gasteiger partial charge in [-0.1, -0.05) is 43.3 Å². The van der Waals surface area contributed by atoms with Crippen LogP contribution < -0.4 is 5.32 Å². The van der Waals surface area contributed by atoms with E-state index < -0.39 is 0 Å². The van der Waals surface area contributed by atoms with E-state index in [-0.39, 0.29) is 0 Å². The number of hydrogen-bond donors (Lipinski definition) is 1. The van der Waals surface area contributed by atoms with Crippen molar-refractivity contribution in [3.05, 3.63) is 59.7 Å². The van der Waals surface area contributed by atoms with Gasteiger partial charge in [-0.05, 0) is 42.9 Å². The van der Waals surface area contributed by atoms with E-state index in [0.29, 0.717) is 6.04 Å². The van der Waals surface area contributed by atoms with Crippen molar-refractivity contribution in [2.75, 3.05) is 11.1 Å². The summed E-state index contributed by atoms with van der Waals surface area (Å²) >= 11 is 1.88. The maximum Gasteiger partial charge on any atom is 0.0488 e. The van der Waals surface area contributed by atoms with Crippen LogP contribution in [-0.4, -0.2) is 5.75 Å². The molecule has 0 bridgehead atoms. The molecule has 2 aromatic carbocycles. The molecular formula is C17H21NS. The van der Waals surface area contributed by atoms with Crippen LogP contribution in [0.15, 0.2) is 53.4 Å². The van der Waals surface area contributed by atoms with Crippen LogP contribution in [0, 0.1) is 6.92 Å². The minimum absolute atomic E-state index is 0.319. The molecule has 2 aromatic rings. The van der Waals surface area contributed by atoms with Crippen LogP contribution in [0.5, 0.6) is 0 Å². The largest absolute Gasteiger partial charge is 0.378 e. The molecule has 0 saturated heterocycles. The monoisotopic (exact) mass is 271 g/mol. The van der Waals surface area contributed by atoms with E-state index in [0.717, 1.165) is 5.75 Å². The average molecular weight is 271 g/mol. The Bertz CT molecular complexity index is 536. The number of para-hydroxylation sites is 1. The van der Waals surface area contributed by atoms with Crippen LogP contribution in [0.3, 0.4) is 0 Å². The molecule has 0 saturated carbocycles. The average Bonchev–Trinajstić information content (AvgIpc) is 2.41. The molecule has 0 aliphatic heterocycles. The summed E-state index contributed by atoms with van der Waals surface area (Å²) in [6.07, 6.45) is 0. The van der Waals surface area contributed by atoms with Gasteiger partial charge < -0.3 is 5.32 Å². The highest BCUT2D eigenvalue weighted by Crippen LogP contribution is 2.30. The smallest absolute Gasteiger partial charge is 0.0488 e. The fourth-order valence-electron chi connectivity index (χ4n) is 2.25. The zero-order valence-corrected chi connectivity index (χ0v) is 12.6. The molecule has 0 spiro atoms. The van der Waals surface area contributed by atoms with Crippen molar-refractivity contribution < 1.29 is 0 Å². The molecule has 0 radical (unpaired) electrons. The van der Waals surface area contributed by atoms with Crippen molar-refractivity contribution in [2.45, 2.75) is 31.7 Å². The van der Waals surface area contributed by atoms with E-state index in [9.17, 15) is 0 Å². The fourth-order valence-corrected chi connectivity index (χ4v) is 3.02. The number of nitrogens with one attached hydrogen (secondary N) is 1. The Morgan fingerprint density at radius 1 is 1.05 bits per heavy atom. The molecule has 19 heavy (non-hydrogen) atoms. The molecule has 1 nitrogen and oxygen atoms in total. The summed E-state index contributed by atoms with van der Waals surface area (Å²) < 4.78 is 0. The minimum atomic E-state index is 0.319. The molecule has 100 valence electrons. The highest BCUT2D eigenvalue weighted by atomic mass is 32.2. The Morgan fingerprint density at radius 3 is 2.47 bits per heavy atom. The van der Waals surface area contributed by atoms with Crippen molar-refractivity contribution in [1.82, 2.24) is 0 Å². The number of rotatable bonds is 5. The van der Waals surface area contributed by atoms with Gasteiger partial charge in [0.05, 0.1) is 0 Å². The Balaban J connectivity index is 2.19. The first kappa shape index (κ1) is 14.0. The second kappa shape index (κ2) is 6.67. The lowest BCUT2D eigenvalue weighted by Gasteiger charge is -2.19. The molecular weight excluding hydrogens is 250 g/mol. The SMILES string of the molecule is CCSc1ccccc1NC(C)c1ccccc1C. The second-order valence-corrected chi connectivity index (χ2v) is 5.96. The van der Waals surface area contributed by atoms with Crippen LogP contribution in [0.1, 0.15) is 31.0 Å². The van der Waals surface area contributed by atoms with E-state index in [1.54, 1.807) is 0 Å². The predicted octanol–water partition coefficient (Wildman–Crippen LogP) is 5.28. The summed E-state index contributed by atoms with van der Waals surface area (Å²) in [5.41, 5.74) is 3.92.